The largest absolute Gasteiger partial charge is 0.460 e. The number of ether oxygens (including phenoxy) is 1. The Balaban J connectivity index is 1.45. The number of guanidine groups is 2. The number of piperidine rings is 1. The first-order valence-corrected chi connectivity index (χ1v) is 9.95. The highest BCUT2D eigenvalue weighted by molar-refractivity contribution is 5.83. The predicted octanol–water partition coefficient (Wildman–Crippen LogP) is -1.34. The number of rotatable bonds is 3. The Morgan fingerprint density at radius 3 is 2.67 bits per heavy atom. The minimum Gasteiger partial charge on any atom is -0.460 e. The molecule has 13 heteroatoms. The van der Waals surface area contributed by atoms with E-state index in [9.17, 15) is 28.3 Å². The van der Waals surface area contributed by atoms with Gasteiger partial charge in [-0.1, -0.05) is 11.2 Å². The monoisotopic (exact) mass is 433 g/mol. The van der Waals surface area contributed by atoms with Crippen molar-refractivity contribution in [2.75, 3.05) is 13.2 Å². The van der Waals surface area contributed by atoms with Gasteiger partial charge in [-0.15, -0.1) is 0 Å². The van der Waals surface area contributed by atoms with Crippen molar-refractivity contribution >= 4 is 17.9 Å². The number of carbonyl (C=O) groups excluding carboxylic acids is 1. The van der Waals surface area contributed by atoms with Crippen LogP contribution in [0.15, 0.2) is 4.99 Å². The van der Waals surface area contributed by atoms with Crippen LogP contribution < -0.4 is 16.8 Å². The van der Waals surface area contributed by atoms with Gasteiger partial charge in [-0.05, 0) is 19.3 Å². The molecule has 1 saturated heterocycles. The molecule has 0 aromatic carbocycles. The number of nitrogens with one attached hydrogen (secondary N) is 1. The molecule has 0 bridgehead atoms. The summed E-state index contributed by atoms with van der Waals surface area (Å²) in [6, 6.07) is -1.25. The normalized spacial score (nSPS) is 41.0. The van der Waals surface area contributed by atoms with Crippen LogP contribution in [0.5, 0.6) is 0 Å². The quantitative estimate of drug-likeness (QED) is 0.209. The van der Waals surface area contributed by atoms with E-state index in [-0.39, 0.29) is 49.7 Å². The second-order valence-electron chi connectivity index (χ2n) is 8.83. The van der Waals surface area contributed by atoms with Crippen molar-refractivity contribution in [2.45, 2.75) is 55.7 Å². The van der Waals surface area contributed by atoms with E-state index in [0.29, 0.717) is 12.8 Å². The molecule has 30 heavy (non-hydrogen) atoms. The molecule has 0 aromatic heterocycles. The third-order valence-electron chi connectivity index (χ3n) is 7.53. The van der Waals surface area contributed by atoms with Crippen LogP contribution in [0.4, 0.5) is 13.2 Å². The number of carbonyl (C=O) groups is 1. The molecule has 2 saturated carbocycles. The summed E-state index contributed by atoms with van der Waals surface area (Å²) >= 11 is 0. The number of aliphatic imine (C=N–C) groups is 1. The van der Waals surface area contributed by atoms with Crippen LogP contribution in [-0.4, -0.2) is 81.0 Å². The lowest BCUT2D eigenvalue weighted by atomic mass is 9.68. The lowest BCUT2D eigenvalue weighted by Gasteiger charge is -2.50. The van der Waals surface area contributed by atoms with Gasteiger partial charge in [-0.25, -0.2) is 4.99 Å². The van der Waals surface area contributed by atoms with Gasteiger partial charge < -0.3 is 20.8 Å². The van der Waals surface area contributed by atoms with Crippen LogP contribution in [0.25, 0.3) is 0 Å². The molecule has 10 nitrogen and oxygen atoms in total. The molecule has 3 heterocycles. The van der Waals surface area contributed by atoms with Crippen LogP contribution in [0.1, 0.15) is 25.7 Å². The van der Waals surface area contributed by atoms with E-state index in [1.807, 2.05) is 0 Å². The summed E-state index contributed by atoms with van der Waals surface area (Å²) in [4.78, 5) is 18.3. The third-order valence-corrected chi connectivity index (χ3v) is 7.53. The Labute approximate surface area is 169 Å². The molecular formula is C17H24F3N6O4+. The van der Waals surface area contributed by atoms with Gasteiger partial charge in [-0.3, -0.25) is 20.7 Å². The molecule has 4 unspecified atom stereocenters. The highest BCUT2D eigenvalue weighted by atomic mass is 19.4. The highest BCUT2D eigenvalue weighted by Gasteiger charge is 2.77. The van der Waals surface area contributed by atoms with E-state index in [0.717, 1.165) is 4.74 Å². The maximum absolute atomic E-state index is 13.5. The summed E-state index contributed by atoms with van der Waals surface area (Å²) in [5.41, 5.74) is 8.43. The van der Waals surface area contributed by atoms with Crippen molar-refractivity contribution in [1.82, 2.24) is 10.2 Å². The van der Waals surface area contributed by atoms with Gasteiger partial charge in [0, 0.05) is 11.8 Å². The SMILES string of the molecule is NC1=N[C@@H](CO)C2NC(N)=[N+](O)C23C2CC2[C@@H](OC(=O)C2(C(F)(F)F)CCC2)CN13. The van der Waals surface area contributed by atoms with Gasteiger partial charge in [0.1, 0.15) is 12.1 Å². The van der Waals surface area contributed by atoms with Crippen molar-refractivity contribution in [1.29, 1.82) is 0 Å². The Kier molecular flexibility index (Phi) is 3.79. The number of nitrogens with two attached hydrogens (primary N) is 2. The zero-order valence-corrected chi connectivity index (χ0v) is 16.0. The minimum absolute atomic E-state index is 0.00132. The van der Waals surface area contributed by atoms with E-state index in [2.05, 4.69) is 10.3 Å². The molecule has 0 aromatic rings. The fourth-order valence-electron chi connectivity index (χ4n) is 5.72. The smallest absolute Gasteiger partial charge is 0.404 e. The minimum atomic E-state index is -4.66. The van der Waals surface area contributed by atoms with Crippen molar-refractivity contribution in [3.63, 3.8) is 0 Å². The zero-order chi connectivity index (χ0) is 21.6. The van der Waals surface area contributed by atoms with Crippen LogP contribution >= 0.6 is 0 Å². The molecule has 7 N–H and O–H groups in total. The van der Waals surface area contributed by atoms with Crippen LogP contribution in [0.3, 0.4) is 0 Å². The van der Waals surface area contributed by atoms with Crippen LogP contribution in [-0.2, 0) is 9.53 Å². The molecule has 166 valence electrons. The lowest BCUT2D eigenvalue weighted by Crippen LogP contribution is -2.75. The van der Waals surface area contributed by atoms with Crippen molar-refractivity contribution in [3.8, 4) is 0 Å². The number of hydroxylamine groups is 1. The molecular weight excluding hydrogens is 409 g/mol. The molecule has 1 spiro atoms. The van der Waals surface area contributed by atoms with Gasteiger partial charge >= 0.3 is 18.1 Å². The maximum atomic E-state index is 13.5. The number of aliphatic hydroxyl groups is 1. The first-order valence-electron chi connectivity index (χ1n) is 9.95. The number of nitrogens with zero attached hydrogens (tertiary/aromatic N) is 3. The molecule has 6 atom stereocenters. The van der Waals surface area contributed by atoms with Gasteiger partial charge in [0.15, 0.2) is 17.4 Å². The lowest BCUT2D eigenvalue weighted by molar-refractivity contribution is -0.841. The molecule has 3 aliphatic heterocycles. The average molecular weight is 433 g/mol. The van der Waals surface area contributed by atoms with Crippen molar-refractivity contribution < 1.29 is 37.8 Å². The number of fused-ring (bicyclic) bond motifs is 1. The summed E-state index contributed by atoms with van der Waals surface area (Å²) in [6.45, 7) is -0.365. The summed E-state index contributed by atoms with van der Waals surface area (Å²) in [5.74, 6) is -1.83. The number of hydrogen-bond donors (Lipinski definition) is 5. The topological polar surface area (TPSA) is 149 Å². The van der Waals surface area contributed by atoms with Crippen molar-refractivity contribution in [2.24, 2.45) is 33.7 Å². The third kappa shape index (κ3) is 2.16. The van der Waals surface area contributed by atoms with E-state index in [4.69, 9.17) is 16.2 Å². The number of alkyl halides is 3. The summed E-state index contributed by atoms with van der Waals surface area (Å²) in [7, 11) is 0. The number of esters is 1. The van der Waals surface area contributed by atoms with E-state index >= 15 is 0 Å². The summed E-state index contributed by atoms with van der Waals surface area (Å²) in [5, 5.41) is 23.5. The average Bonchev–Trinajstić information content (AvgIpc) is 3.38. The Bertz CT molecular complexity index is 859. The Morgan fingerprint density at radius 1 is 1.40 bits per heavy atom. The van der Waals surface area contributed by atoms with Gasteiger partial charge in [0.05, 0.1) is 13.2 Å². The zero-order valence-electron chi connectivity index (χ0n) is 16.0. The van der Waals surface area contributed by atoms with Crippen LogP contribution in [0.2, 0.25) is 0 Å². The molecule has 5 rings (SSSR count). The molecule has 5 aliphatic rings. The van der Waals surface area contributed by atoms with E-state index < -0.39 is 41.4 Å². The van der Waals surface area contributed by atoms with Gasteiger partial charge in [0.2, 0.25) is 5.66 Å². The van der Waals surface area contributed by atoms with Crippen molar-refractivity contribution in [3.05, 3.63) is 0 Å². The predicted molar refractivity (Wildman–Crippen MR) is 93.9 cm³/mol. The van der Waals surface area contributed by atoms with Gasteiger partial charge in [-0.2, -0.15) is 13.2 Å². The molecule has 0 radical (unpaired) electrons. The first kappa shape index (κ1) is 19.5. The number of aliphatic hydroxyl groups excluding tert-OH is 1. The fourth-order valence-corrected chi connectivity index (χ4v) is 5.72. The standard InChI is InChI=1S/C17H23F3N6O4/c18-17(19,20)15(2-1-3-15)12(28)30-10-5-25-13(21)23-9(6-27)11-16(25,8-4-7(8)10)26(29)14(22)24-11/h7-11,27,29H,1-6H2,(H4,21,22,23,24)/p+1/t7?,8?,9-,10-,11?,16?/m0/s1. The second-order valence-corrected chi connectivity index (χ2v) is 8.83. The maximum Gasteiger partial charge on any atom is 0.404 e. The van der Waals surface area contributed by atoms with Crippen LogP contribution in [0, 0.1) is 17.3 Å². The summed E-state index contributed by atoms with van der Waals surface area (Å²) < 4.78 is 46.8. The Morgan fingerprint density at radius 2 is 2.10 bits per heavy atom. The Hall–Kier alpha value is -2.44. The molecule has 2 aliphatic carbocycles. The highest BCUT2D eigenvalue weighted by Crippen LogP contribution is 2.60. The van der Waals surface area contributed by atoms with Gasteiger partial charge in [0.25, 0.3) is 0 Å². The fraction of sp³-hybridized carbons (Fsp3) is 0.824. The van der Waals surface area contributed by atoms with E-state index in [1.165, 1.54) is 4.90 Å². The number of halogens is 3. The second kappa shape index (κ2) is 5.83. The molecule has 3 fully saturated rings. The number of hydrogen-bond acceptors (Lipinski definition) is 9. The molecule has 0 amide bonds. The first-order chi connectivity index (χ1) is 14.1. The summed E-state index contributed by atoms with van der Waals surface area (Å²) in [6.07, 6.45) is -5.19. The van der Waals surface area contributed by atoms with E-state index in [1.54, 1.807) is 0 Å².